The van der Waals surface area contributed by atoms with Crippen molar-refractivity contribution in [3.05, 3.63) is 23.8 Å². The molecule has 0 fully saturated rings. The predicted molar refractivity (Wildman–Crippen MR) is 50.3 cm³/mol. The Labute approximate surface area is 75.6 Å². The third kappa shape index (κ3) is 1.56. The Hall–Kier alpha value is -1.71. The zero-order valence-corrected chi connectivity index (χ0v) is 7.00. The van der Waals surface area contributed by atoms with Crippen LogP contribution < -0.4 is 10.6 Å². The second-order valence-corrected chi connectivity index (χ2v) is 2.98. The predicted octanol–water partition coefficient (Wildman–Crippen LogP) is 1.74. The van der Waals surface area contributed by atoms with Crippen molar-refractivity contribution in [3.8, 4) is 0 Å². The minimum absolute atomic E-state index is 0.612. The van der Waals surface area contributed by atoms with Gasteiger partial charge in [0, 0.05) is 17.9 Å². The first-order valence-electron chi connectivity index (χ1n) is 4.12. The Kier molecular flexibility index (Phi) is 1.81. The zero-order chi connectivity index (χ0) is 9.26. The van der Waals surface area contributed by atoms with Crippen LogP contribution in [-0.2, 0) is 6.42 Å². The Morgan fingerprint density at radius 1 is 1.54 bits per heavy atom. The Bertz CT molecular complexity index is 349. The molecule has 1 aromatic rings. The van der Waals surface area contributed by atoms with Gasteiger partial charge in [-0.3, -0.25) is 5.32 Å². The van der Waals surface area contributed by atoms with Crippen LogP contribution in [0.25, 0.3) is 0 Å². The molecule has 13 heavy (non-hydrogen) atoms. The number of benzene rings is 1. The molecule has 0 bridgehead atoms. The van der Waals surface area contributed by atoms with Gasteiger partial charge in [0.05, 0.1) is 0 Å². The summed E-state index contributed by atoms with van der Waals surface area (Å²) in [4.78, 5) is 10.3. The van der Waals surface area contributed by atoms with Gasteiger partial charge in [-0.05, 0) is 24.1 Å². The van der Waals surface area contributed by atoms with Crippen molar-refractivity contribution < 1.29 is 9.90 Å². The van der Waals surface area contributed by atoms with Crippen LogP contribution in [0.15, 0.2) is 18.2 Å². The van der Waals surface area contributed by atoms with Crippen molar-refractivity contribution in [1.29, 1.82) is 0 Å². The molecule has 0 aliphatic carbocycles. The van der Waals surface area contributed by atoms with E-state index < -0.39 is 6.09 Å². The van der Waals surface area contributed by atoms with Crippen molar-refractivity contribution >= 4 is 17.5 Å². The first-order chi connectivity index (χ1) is 6.25. The van der Waals surface area contributed by atoms with Crippen molar-refractivity contribution in [1.82, 2.24) is 0 Å². The van der Waals surface area contributed by atoms with Crippen LogP contribution in [0.2, 0.25) is 0 Å². The molecule has 1 aliphatic rings. The molecule has 1 aliphatic heterocycles. The van der Waals surface area contributed by atoms with Gasteiger partial charge in [-0.1, -0.05) is 6.07 Å². The van der Waals surface area contributed by atoms with Gasteiger partial charge in [0.15, 0.2) is 0 Å². The van der Waals surface area contributed by atoms with E-state index in [1.54, 1.807) is 6.07 Å². The summed E-state index contributed by atoms with van der Waals surface area (Å²) in [6.45, 7) is 0.936. The molecule has 4 heteroatoms. The van der Waals surface area contributed by atoms with E-state index in [-0.39, 0.29) is 0 Å². The van der Waals surface area contributed by atoms with Gasteiger partial charge in [-0.2, -0.15) is 0 Å². The molecule has 2 rings (SSSR count). The summed E-state index contributed by atoms with van der Waals surface area (Å²) in [5.74, 6) is 0. The molecule has 0 unspecified atom stereocenters. The van der Waals surface area contributed by atoms with Gasteiger partial charge >= 0.3 is 6.09 Å². The largest absolute Gasteiger partial charge is 0.465 e. The molecule has 0 atom stereocenters. The van der Waals surface area contributed by atoms with E-state index in [9.17, 15) is 4.79 Å². The number of carbonyl (C=O) groups is 1. The van der Waals surface area contributed by atoms with E-state index in [2.05, 4.69) is 10.6 Å². The maximum absolute atomic E-state index is 10.3. The van der Waals surface area contributed by atoms with Gasteiger partial charge < -0.3 is 10.4 Å². The molecule has 1 aromatic carbocycles. The van der Waals surface area contributed by atoms with Gasteiger partial charge in [-0.25, -0.2) is 4.79 Å². The lowest BCUT2D eigenvalue weighted by Gasteiger charge is -2.03. The minimum Gasteiger partial charge on any atom is -0.465 e. The second-order valence-electron chi connectivity index (χ2n) is 2.98. The summed E-state index contributed by atoms with van der Waals surface area (Å²) < 4.78 is 0. The molecule has 0 aromatic heterocycles. The topological polar surface area (TPSA) is 61.4 Å². The van der Waals surface area contributed by atoms with E-state index in [0.29, 0.717) is 5.69 Å². The summed E-state index contributed by atoms with van der Waals surface area (Å²) in [5, 5.41) is 14.0. The standard InChI is InChI=1S/C9H10N2O2/c12-9(13)11-7-2-1-6-3-4-10-8(6)5-7/h1-2,5,10-11H,3-4H2,(H,12,13). The van der Waals surface area contributed by atoms with Crippen LogP contribution in [-0.4, -0.2) is 17.7 Å². The quantitative estimate of drug-likeness (QED) is 0.613. The highest BCUT2D eigenvalue weighted by Gasteiger charge is 2.10. The van der Waals surface area contributed by atoms with Crippen LogP contribution >= 0.6 is 0 Å². The molecule has 0 saturated carbocycles. The highest BCUT2D eigenvalue weighted by atomic mass is 16.4. The summed E-state index contributed by atoms with van der Waals surface area (Å²) in [6.07, 6.45) is -0.0131. The van der Waals surface area contributed by atoms with Gasteiger partial charge in [0.2, 0.25) is 0 Å². The lowest BCUT2D eigenvalue weighted by Crippen LogP contribution is -2.07. The Balaban J connectivity index is 2.25. The number of hydrogen-bond donors (Lipinski definition) is 3. The number of anilines is 2. The number of nitrogens with one attached hydrogen (secondary N) is 2. The molecular weight excluding hydrogens is 168 g/mol. The van der Waals surface area contributed by atoms with Gasteiger partial charge in [0.25, 0.3) is 0 Å². The highest BCUT2D eigenvalue weighted by Crippen LogP contribution is 2.25. The molecule has 4 nitrogen and oxygen atoms in total. The lowest BCUT2D eigenvalue weighted by molar-refractivity contribution is 0.210. The zero-order valence-electron chi connectivity index (χ0n) is 7.00. The normalized spacial score (nSPS) is 13.2. The van der Waals surface area contributed by atoms with Crippen LogP contribution in [0.5, 0.6) is 0 Å². The van der Waals surface area contributed by atoms with Crippen LogP contribution in [0.1, 0.15) is 5.56 Å². The SMILES string of the molecule is O=C(O)Nc1ccc2c(c1)NCC2. The lowest BCUT2D eigenvalue weighted by atomic mass is 10.1. The summed E-state index contributed by atoms with van der Waals surface area (Å²) >= 11 is 0. The van der Waals surface area contributed by atoms with Crippen molar-refractivity contribution in [2.75, 3.05) is 17.2 Å². The monoisotopic (exact) mass is 178 g/mol. The fourth-order valence-corrected chi connectivity index (χ4v) is 1.49. The van der Waals surface area contributed by atoms with E-state index in [1.165, 1.54) is 5.56 Å². The molecule has 3 N–H and O–H groups in total. The average molecular weight is 178 g/mol. The fraction of sp³-hybridized carbons (Fsp3) is 0.222. The second kappa shape index (κ2) is 2.97. The number of fused-ring (bicyclic) bond motifs is 1. The van der Waals surface area contributed by atoms with Crippen molar-refractivity contribution in [3.63, 3.8) is 0 Å². The van der Waals surface area contributed by atoms with Crippen LogP contribution in [0.3, 0.4) is 0 Å². The first-order valence-corrected chi connectivity index (χ1v) is 4.12. The van der Waals surface area contributed by atoms with E-state index in [1.807, 2.05) is 12.1 Å². The smallest absolute Gasteiger partial charge is 0.409 e. The molecule has 1 amide bonds. The Morgan fingerprint density at radius 3 is 3.15 bits per heavy atom. The number of hydrogen-bond acceptors (Lipinski definition) is 2. The van der Waals surface area contributed by atoms with Gasteiger partial charge in [0.1, 0.15) is 0 Å². The highest BCUT2D eigenvalue weighted by molar-refractivity contribution is 5.84. The molecule has 0 radical (unpaired) electrons. The summed E-state index contributed by atoms with van der Waals surface area (Å²) in [5.41, 5.74) is 2.89. The third-order valence-corrected chi connectivity index (χ3v) is 2.07. The fourth-order valence-electron chi connectivity index (χ4n) is 1.49. The molecule has 1 heterocycles. The summed E-state index contributed by atoms with van der Waals surface area (Å²) in [7, 11) is 0. The van der Waals surface area contributed by atoms with E-state index >= 15 is 0 Å². The van der Waals surface area contributed by atoms with Crippen molar-refractivity contribution in [2.24, 2.45) is 0 Å². The number of amides is 1. The third-order valence-electron chi connectivity index (χ3n) is 2.07. The maximum atomic E-state index is 10.3. The van der Waals surface area contributed by atoms with Crippen LogP contribution in [0.4, 0.5) is 16.2 Å². The number of rotatable bonds is 1. The van der Waals surface area contributed by atoms with Crippen molar-refractivity contribution in [2.45, 2.75) is 6.42 Å². The first kappa shape index (κ1) is 7.91. The molecular formula is C9H10N2O2. The summed E-state index contributed by atoms with van der Waals surface area (Å²) in [6, 6.07) is 5.54. The maximum Gasteiger partial charge on any atom is 0.409 e. The van der Waals surface area contributed by atoms with Gasteiger partial charge in [-0.15, -0.1) is 0 Å². The molecule has 0 saturated heterocycles. The van der Waals surface area contributed by atoms with E-state index in [0.717, 1.165) is 18.7 Å². The molecule has 0 spiro atoms. The Morgan fingerprint density at radius 2 is 2.38 bits per heavy atom. The van der Waals surface area contributed by atoms with Crippen LogP contribution in [0, 0.1) is 0 Å². The average Bonchev–Trinajstić information content (AvgIpc) is 2.49. The van der Waals surface area contributed by atoms with E-state index in [4.69, 9.17) is 5.11 Å². The number of carboxylic acid groups (broad SMARTS) is 1. The molecule has 68 valence electrons. The minimum atomic E-state index is -1.03.